The molecule has 134 valence electrons. The van der Waals surface area contributed by atoms with Crippen LogP contribution in [0.1, 0.15) is 42.5 Å². The second kappa shape index (κ2) is 7.17. The van der Waals surface area contributed by atoms with E-state index in [1.165, 1.54) is 0 Å². The van der Waals surface area contributed by atoms with Crippen molar-refractivity contribution in [3.8, 4) is 11.5 Å². The number of nitrogens with one attached hydrogen (secondary N) is 2. The van der Waals surface area contributed by atoms with Crippen LogP contribution in [-0.2, 0) is 4.79 Å². The first-order valence-electron chi connectivity index (χ1n) is 8.59. The highest BCUT2D eigenvalue weighted by molar-refractivity contribution is 5.95. The van der Waals surface area contributed by atoms with E-state index in [9.17, 15) is 9.59 Å². The summed E-state index contributed by atoms with van der Waals surface area (Å²) in [7, 11) is 3.10. The van der Waals surface area contributed by atoms with E-state index in [0.717, 1.165) is 31.4 Å². The van der Waals surface area contributed by atoms with Gasteiger partial charge in [-0.05, 0) is 43.9 Å². The first kappa shape index (κ1) is 17.3. The van der Waals surface area contributed by atoms with E-state index < -0.39 is 0 Å². The summed E-state index contributed by atoms with van der Waals surface area (Å²) in [6, 6.07) is 5.11. The lowest BCUT2D eigenvalue weighted by atomic mass is 9.70. The highest BCUT2D eigenvalue weighted by Crippen LogP contribution is 2.42. The fourth-order valence-electron chi connectivity index (χ4n) is 3.65. The molecule has 0 aromatic heterocycles. The lowest BCUT2D eigenvalue weighted by Crippen LogP contribution is -2.48. The molecule has 1 aliphatic carbocycles. The zero-order valence-corrected chi connectivity index (χ0v) is 14.7. The Morgan fingerprint density at radius 1 is 1.24 bits per heavy atom. The van der Waals surface area contributed by atoms with Crippen molar-refractivity contribution in [2.45, 2.75) is 32.1 Å². The van der Waals surface area contributed by atoms with Crippen LogP contribution in [0.15, 0.2) is 30.0 Å². The largest absolute Gasteiger partial charge is 0.493 e. The molecule has 1 aromatic carbocycles. The fourth-order valence-corrected chi connectivity index (χ4v) is 3.65. The summed E-state index contributed by atoms with van der Waals surface area (Å²) >= 11 is 0. The Kier molecular flexibility index (Phi) is 4.97. The molecule has 0 saturated carbocycles. The quantitative estimate of drug-likeness (QED) is 0.860. The zero-order valence-electron chi connectivity index (χ0n) is 14.7. The minimum atomic E-state index is -0.155. The predicted molar refractivity (Wildman–Crippen MR) is 93.6 cm³/mol. The molecule has 3 rings (SSSR count). The third-order valence-electron chi connectivity index (χ3n) is 5.12. The van der Waals surface area contributed by atoms with Gasteiger partial charge >= 0.3 is 0 Å². The van der Waals surface area contributed by atoms with Gasteiger partial charge in [0.2, 0.25) is 5.91 Å². The Balaban J connectivity index is 1.72. The van der Waals surface area contributed by atoms with Crippen molar-refractivity contribution in [3.63, 3.8) is 0 Å². The molecule has 0 bridgehead atoms. The molecule has 1 atom stereocenters. The topological polar surface area (TPSA) is 76.7 Å². The number of hydrogen-bond donors (Lipinski definition) is 2. The van der Waals surface area contributed by atoms with Crippen LogP contribution in [0.25, 0.3) is 0 Å². The fraction of sp³-hybridized carbons (Fsp3) is 0.474. The molecule has 6 nitrogen and oxygen atoms in total. The van der Waals surface area contributed by atoms with Crippen molar-refractivity contribution in [1.29, 1.82) is 0 Å². The molecule has 1 unspecified atom stereocenters. The van der Waals surface area contributed by atoms with Crippen LogP contribution in [0.2, 0.25) is 0 Å². The highest BCUT2D eigenvalue weighted by atomic mass is 16.5. The Bertz CT molecular complexity index is 713. The third kappa shape index (κ3) is 3.48. The third-order valence-corrected chi connectivity index (χ3v) is 5.12. The van der Waals surface area contributed by atoms with E-state index in [-0.39, 0.29) is 17.2 Å². The number of hydrogen-bond acceptors (Lipinski definition) is 4. The molecule has 6 heteroatoms. The van der Waals surface area contributed by atoms with Crippen molar-refractivity contribution in [3.05, 3.63) is 35.5 Å². The van der Waals surface area contributed by atoms with Crippen LogP contribution in [-0.4, -0.2) is 32.6 Å². The number of carbonyl (C=O) groups excluding carboxylic acids is 2. The van der Waals surface area contributed by atoms with Crippen LogP contribution in [0, 0.1) is 5.41 Å². The van der Waals surface area contributed by atoms with Gasteiger partial charge in [0.25, 0.3) is 5.91 Å². The Morgan fingerprint density at radius 2 is 2.04 bits per heavy atom. The SMILES string of the molecule is COc1ccc(C(=O)NCC23CCCC=C2NC(=O)CC3)cc1OC. The Morgan fingerprint density at radius 3 is 2.80 bits per heavy atom. The first-order chi connectivity index (χ1) is 12.1. The molecule has 1 saturated heterocycles. The van der Waals surface area contributed by atoms with Crippen LogP contribution in [0.3, 0.4) is 0 Å². The van der Waals surface area contributed by atoms with E-state index in [0.29, 0.717) is 30.0 Å². The Labute approximate surface area is 147 Å². The summed E-state index contributed by atoms with van der Waals surface area (Å²) in [5.41, 5.74) is 1.34. The molecular weight excluding hydrogens is 320 g/mol. The van der Waals surface area contributed by atoms with Gasteiger partial charge in [-0.1, -0.05) is 6.08 Å². The minimum absolute atomic E-state index is 0.0648. The number of carbonyl (C=O) groups is 2. The van der Waals surface area contributed by atoms with Crippen molar-refractivity contribution >= 4 is 11.8 Å². The standard InChI is InChI=1S/C19H24N2O4/c1-24-14-7-6-13(11-15(14)25-2)18(23)20-12-19-9-4-3-5-16(19)21-17(22)8-10-19/h5-7,11H,3-4,8-10,12H2,1-2H3,(H,20,23)(H,21,22). The summed E-state index contributed by atoms with van der Waals surface area (Å²) in [5.74, 6) is 1.02. The summed E-state index contributed by atoms with van der Waals surface area (Å²) in [6.45, 7) is 0.520. The molecule has 1 heterocycles. The number of methoxy groups -OCH3 is 2. The smallest absolute Gasteiger partial charge is 0.251 e. The van der Waals surface area contributed by atoms with Crippen LogP contribution in [0.4, 0.5) is 0 Å². The molecule has 1 fully saturated rings. The van der Waals surface area contributed by atoms with E-state index in [1.807, 2.05) is 0 Å². The molecule has 1 aliphatic heterocycles. The predicted octanol–water partition coefficient (Wildman–Crippen LogP) is 2.40. The molecule has 2 amide bonds. The van der Waals surface area contributed by atoms with Crippen LogP contribution >= 0.6 is 0 Å². The molecule has 2 N–H and O–H groups in total. The maximum absolute atomic E-state index is 12.6. The zero-order chi connectivity index (χ0) is 17.9. The minimum Gasteiger partial charge on any atom is -0.493 e. The Hall–Kier alpha value is -2.50. The van der Waals surface area contributed by atoms with Crippen molar-refractivity contribution < 1.29 is 19.1 Å². The first-order valence-corrected chi connectivity index (χ1v) is 8.59. The monoisotopic (exact) mass is 344 g/mol. The van der Waals surface area contributed by atoms with Crippen molar-refractivity contribution in [1.82, 2.24) is 10.6 Å². The van der Waals surface area contributed by atoms with Gasteiger partial charge in [0.1, 0.15) is 0 Å². The molecule has 25 heavy (non-hydrogen) atoms. The van der Waals surface area contributed by atoms with E-state index in [1.54, 1.807) is 32.4 Å². The molecule has 1 aromatic rings. The van der Waals surface area contributed by atoms with Gasteiger partial charge in [-0.3, -0.25) is 9.59 Å². The van der Waals surface area contributed by atoms with Gasteiger partial charge in [0.05, 0.1) is 14.2 Å². The second-order valence-electron chi connectivity index (χ2n) is 6.59. The number of fused-ring (bicyclic) bond motifs is 1. The summed E-state index contributed by atoms with van der Waals surface area (Å²) in [6.07, 6.45) is 6.40. The van der Waals surface area contributed by atoms with Gasteiger partial charge in [0.15, 0.2) is 11.5 Å². The number of amides is 2. The number of allylic oxidation sites excluding steroid dienone is 1. The molecular formula is C19H24N2O4. The van der Waals surface area contributed by atoms with E-state index >= 15 is 0 Å². The van der Waals surface area contributed by atoms with Crippen molar-refractivity contribution in [2.75, 3.05) is 20.8 Å². The van der Waals surface area contributed by atoms with Gasteiger partial charge in [0, 0.05) is 29.6 Å². The van der Waals surface area contributed by atoms with E-state index in [4.69, 9.17) is 9.47 Å². The number of rotatable bonds is 5. The van der Waals surface area contributed by atoms with Gasteiger partial charge in [-0.2, -0.15) is 0 Å². The number of ether oxygens (including phenoxy) is 2. The maximum atomic E-state index is 12.6. The van der Waals surface area contributed by atoms with Crippen molar-refractivity contribution in [2.24, 2.45) is 5.41 Å². The number of piperidine rings is 1. The van der Waals surface area contributed by atoms with Gasteiger partial charge < -0.3 is 20.1 Å². The van der Waals surface area contributed by atoms with Gasteiger partial charge in [-0.15, -0.1) is 0 Å². The molecule has 0 radical (unpaired) electrons. The van der Waals surface area contributed by atoms with E-state index in [2.05, 4.69) is 16.7 Å². The summed E-state index contributed by atoms with van der Waals surface area (Å²) in [4.78, 5) is 24.3. The highest BCUT2D eigenvalue weighted by Gasteiger charge is 2.40. The van der Waals surface area contributed by atoms with Crippen LogP contribution in [0.5, 0.6) is 11.5 Å². The van der Waals surface area contributed by atoms with Gasteiger partial charge in [-0.25, -0.2) is 0 Å². The lowest BCUT2D eigenvalue weighted by Gasteiger charge is -2.42. The van der Waals surface area contributed by atoms with Crippen LogP contribution < -0.4 is 20.1 Å². The normalized spacial score (nSPS) is 22.3. The average Bonchev–Trinajstić information content (AvgIpc) is 2.65. The maximum Gasteiger partial charge on any atom is 0.251 e. The average molecular weight is 344 g/mol. The lowest BCUT2D eigenvalue weighted by molar-refractivity contribution is -0.122. The molecule has 2 aliphatic rings. The number of benzene rings is 1. The molecule has 0 spiro atoms. The summed E-state index contributed by atoms with van der Waals surface area (Å²) < 4.78 is 10.5. The second-order valence-corrected chi connectivity index (χ2v) is 6.59. The summed E-state index contributed by atoms with van der Waals surface area (Å²) in [5, 5.41) is 6.03.